The van der Waals surface area contributed by atoms with E-state index < -0.39 is 28.2 Å². The summed E-state index contributed by atoms with van der Waals surface area (Å²) in [4.78, 5) is 23.9. The van der Waals surface area contributed by atoms with Gasteiger partial charge in [-0.05, 0) is 55.5 Å². The van der Waals surface area contributed by atoms with Gasteiger partial charge < -0.3 is 14.2 Å². The Kier molecular flexibility index (Phi) is 7.57. The van der Waals surface area contributed by atoms with E-state index in [0.29, 0.717) is 12.4 Å². The van der Waals surface area contributed by atoms with E-state index >= 15 is 0 Å². The first-order valence-electron chi connectivity index (χ1n) is 8.64. The Morgan fingerprint density at radius 1 is 0.893 bits per heavy atom. The summed E-state index contributed by atoms with van der Waals surface area (Å²) in [6.45, 7) is 2.17. The molecule has 0 radical (unpaired) electrons. The molecule has 0 aliphatic heterocycles. The van der Waals surface area contributed by atoms with Crippen LogP contribution in [0.1, 0.15) is 23.7 Å². The van der Waals surface area contributed by atoms with E-state index in [9.17, 15) is 18.0 Å². The first-order valence-corrected chi connectivity index (χ1v) is 10.5. The number of sulfone groups is 1. The van der Waals surface area contributed by atoms with Crippen LogP contribution in [0.5, 0.6) is 11.5 Å². The lowest BCUT2D eigenvalue weighted by atomic mass is 10.1. The van der Waals surface area contributed by atoms with E-state index in [-0.39, 0.29) is 23.5 Å². The van der Waals surface area contributed by atoms with Gasteiger partial charge >= 0.3 is 5.97 Å². The monoisotopic (exact) mass is 406 g/mol. The lowest BCUT2D eigenvalue weighted by Crippen LogP contribution is -2.16. The molecule has 8 heteroatoms. The highest BCUT2D eigenvalue weighted by atomic mass is 32.2. The van der Waals surface area contributed by atoms with Gasteiger partial charge in [-0.25, -0.2) is 8.42 Å². The molecule has 0 bridgehead atoms. The third-order valence-electron chi connectivity index (χ3n) is 3.68. The molecule has 0 amide bonds. The summed E-state index contributed by atoms with van der Waals surface area (Å²) >= 11 is 0. The van der Waals surface area contributed by atoms with Crippen molar-refractivity contribution in [1.82, 2.24) is 0 Å². The predicted molar refractivity (Wildman–Crippen MR) is 103 cm³/mol. The van der Waals surface area contributed by atoms with Crippen LogP contribution in [0.3, 0.4) is 0 Å². The molecule has 0 unspecified atom stereocenters. The minimum Gasteiger partial charge on any atom is -0.494 e. The van der Waals surface area contributed by atoms with Crippen LogP contribution in [-0.4, -0.2) is 46.2 Å². The van der Waals surface area contributed by atoms with E-state index in [1.807, 2.05) is 6.92 Å². The third-order valence-corrected chi connectivity index (χ3v) is 4.81. The molecule has 0 saturated carbocycles. The first-order chi connectivity index (χ1) is 13.3. The summed E-state index contributed by atoms with van der Waals surface area (Å²) in [7, 11) is -3.33. The van der Waals surface area contributed by atoms with Gasteiger partial charge in [0, 0.05) is 11.8 Å². The van der Waals surface area contributed by atoms with Gasteiger partial charge in [0.05, 0.1) is 24.5 Å². The summed E-state index contributed by atoms with van der Waals surface area (Å²) in [6.07, 6.45) is 1.08. The maximum Gasteiger partial charge on any atom is 0.309 e. The molecule has 0 fully saturated rings. The van der Waals surface area contributed by atoms with Gasteiger partial charge in [0.2, 0.25) is 0 Å². The zero-order valence-electron chi connectivity index (χ0n) is 15.7. The van der Waals surface area contributed by atoms with Crippen molar-refractivity contribution in [3.63, 3.8) is 0 Å². The molecule has 7 nitrogen and oxygen atoms in total. The Hall–Kier alpha value is -2.87. The van der Waals surface area contributed by atoms with E-state index in [0.717, 1.165) is 12.0 Å². The molecule has 0 saturated heterocycles. The smallest absolute Gasteiger partial charge is 0.309 e. The van der Waals surface area contributed by atoms with Crippen molar-refractivity contribution in [2.45, 2.75) is 18.2 Å². The van der Waals surface area contributed by atoms with Gasteiger partial charge in [-0.15, -0.1) is 0 Å². The average Bonchev–Trinajstić information content (AvgIpc) is 2.67. The van der Waals surface area contributed by atoms with Crippen LogP contribution in [-0.2, 0) is 19.4 Å². The Bertz CT molecular complexity index is 901. The number of esters is 1. The minimum absolute atomic E-state index is 0.00644. The average molecular weight is 406 g/mol. The number of rotatable bonds is 10. The number of hydrogen-bond donors (Lipinski definition) is 0. The fourth-order valence-corrected chi connectivity index (χ4v) is 2.87. The lowest BCUT2D eigenvalue weighted by Gasteiger charge is -2.08. The highest BCUT2D eigenvalue weighted by Gasteiger charge is 2.12. The Morgan fingerprint density at radius 3 is 2.00 bits per heavy atom. The Balaban J connectivity index is 1.73. The van der Waals surface area contributed by atoms with Crippen molar-refractivity contribution in [3.8, 4) is 11.5 Å². The van der Waals surface area contributed by atoms with Crippen molar-refractivity contribution in [3.05, 3.63) is 54.1 Å². The van der Waals surface area contributed by atoms with Crippen molar-refractivity contribution >= 4 is 21.6 Å². The number of hydrogen-bond acceptors (Lipinski definition) is 7. The van der Waals surface area contributed by atoms with Crippen LogP contribution < -0.4 is 9.47 Å². The number of ketones is 1. The van der Waals surface area contributed by atoms with Gasteiger partial charge in [-0.2, -0.15) is 0 Å². The zero-order valence-corrected chi connectivity index (χ0v) is 16.5. The quantitative estimate of drug-likeness (QED) is 0.442. The number of carbonyl (C=O) groups is 2. The van der Waals surface area contributed by atoms with Gasteiger partial charge in [-0.1, -0.05) is 0 Å². The largest absolute Gasteiger partial charge is 0.494 e. The molecule has 28 heavy (non-hydrogen) atoms. The molecule has 0 spiro atoms. The van der Waals surface area contributed by atoms with Crippen LogP contribution in [0, 0.1) is 0 Å². The number of carbonyl (C=O) groups excluding carboxylic acids is 2. The van der Waals surface area contributed by atoms with Crippen LogP contribution in [0.25, 0.3) is 0 Å². The third kappa shape index (κ3) is 6.70. The molecule has 0 aliphatic rings. The topological polar surface area (TPSA) is 96.0 Å². The highest BCUT2D eigenvalue weighted by molar-refractivity contribution is 7.90. The fourth-order valence-electron chi connectivity index (χ4n) is 2.24. The van der Waals surface area contributed by atoms with Gasteiger partial charge in [0.25, 0.3) is 0 Å². The Labute approximate surface area is 164 Å². The van der Waals surface area contributed by atoms with E-state index in [2.05, 4.69) is 0 Å². The second kappa shape index (κ2) is 9.89. The van der Waals surface area contributed by atoms with Crippen molar-refractivity contribution in [2.75, 3.05) is 26.1 Å². The second-order valence-electron chi connectivity index (χ2n) is 5.88. The standard InChI is InChI=1S/C20H22O7S/c1-3-25-16-6-8-17(9-7-16)26-13-12-20(22)27-14-19(21)15-4-10-18(11-5-15)28(2,23)24/h4-11H,3,12-14H2,1-2H3. The summed E-state index contributed by atoms with van der Waals surface area (Å²) in [5.74, 6) is 0.350. The highest BCUT2D eigenvalue weighted by Crippen LogP contribution is 2.17. The summed E-state index contributed by atoms with van der Waals surface area (Å²) in [5, 5.41) is 0. The van der Waals surface area contributed by atoms with Gasteiger partial charge in [0.1, 0.15) is 11.5 Å². The molecule has 0 N–H and O–H groups in total. The molecule has 0 aromatic heterocycles. The van der Waals surface area contributed by atoms with Crippen LogP contribution in [0.4, 0.5) is 0 Å². The van der Waals surface area contributed by atoms with Crippen molar-refractivity contribution < 1.29 is 32.2 Å². The maximum absolute atomic E-state index is 12.0. The minimum atomic E-state index is -3.33. The normalized spacial score (nSPS) is 10.9. The fraction of sp³-hybridized carbons (Fsp3) is 0.300. The van der Waals surface area contributed by atoms with E-state index in [4.69, 9.17) is 14.2 Å². The number of ether oxygens (including phenoxy) is 3. The molecule has 0 aliphatic carbocycles. The predicted octanol–water partition coefficient (Wildman–Crippen LogP) is 2.68. The summed E-state index contributed by atoms with van der Waals surface area (Å²) in [6, 6.07) is 12.5. The molecule has 2 aromatic rings. The number of Topliss-reactive ketones (excluding diaryl/α,β-unsaturated/α-hetero) is 1. The Morgan fingerprint density at radius 2 is 1.46 bits per heavy atom. The molecular formula is C20H22O7S. The molecule has 2 rings (SSSR count). The van der Waals surface area contributed by atoms with E-state index in [1.165, 1.54) is 24.3 Å². The SMILES string of the molecule is CCOc1ccc(OCCC(=O)OCC(=O)c2ccc(S(C)(=O)=O)cc2)cc1. The van der Waals surface area contributed by atoms with Crippen molar-refractivity contribution in [1.29, 1.82) is 0 Å². The number of benzene rings is 2. The summed E-state index contributed by atoms with van der Waals surface area (Å²) < 4.78 is 38.5. The van der Waals surface area contributed by atoms with Crippen LogP contribution in [0.2, 0.25) is 0 Å². The zero-order chi connectivity index (χ0) is 20.6. The molecule has 0 heterocycles. The van der Waals surface area contributed by atoms with Gasteiger partial charge in [0.15, 0.2) is 22.2 Å². The molecule has 150 valence electrons. The molecular weight excluding hydrogens is 384 g/mol. The van der Waals surface area contributed by atoms with E-state index in [1.54, 1.807) is 24.3 Å². The summed E-state index contributed by atoms with van der Waals surface area (Å²) in [5.41, 5.74) is 0.269. The first kappa shape index (κ1) is 21.4. The maximum atomic E-state index is 12.0. The van der Waals surface area contributed by atoms with Gasteiger partial charge in [-0.3, -0.25) is 9.59 Å². The van der Waals surface area contributed by atoms with Crippen LogP contribution in [0.15, 0.2) is 53.4 Å². The van der Waals surface area contributed by atoms with Crippen molar-refractivity contribution in [2.24, 2.45) is 0 Å². The molecule has 2 aromatic carbocycles. The van der Waals surface area contributed by atoms with Crippen LogP contribution >= 0.6 is 0 Å². The lowest BCUT2D eigenvalue weighted by molar-refractivity contribution is -0.143. The second-order valence-corrected chi connectivity index (χ2v) is 7.90. The molecule has 0 atom stereocenters.